The summed E-state index contributed by atoms with van der Waals surface area (Å²) < 4.78 is 12.0. The lowest BCUT2D eigenvalue weighted by atomic mass is 10.2. The van der Waals surface area contributed by atoms with Crippen LogP contribution in [0.15, 0.2) is 40.9 Å². The van der Waals surface area contributed by atoms with Gasteiger partial charge in [-0.25, -0.2) is 0 Å². The Balaban J connectivity index is 1.90. The van der Waals surface area contributed by atoms with E-state index in [-0.39, 0.29) is 0 Å². The van der Waals surface area contributed by atoms with Crippen molar-refractivity contribution in [3.05, 3.63) is 51.5 Å². The average Bonchev–Trinajstić information content (AvgIpc) is 2.47. The van der Waals surface area contributed by atoms with Crippen LogP contribution in [0.3, 0.4) is 0 Å². The number of aryl methyl sites for hydroxylation is 1. The van der Waals surface area contributed by atoms with Gasteiger partial charge in [0, 0.05) is 22.1 Å². The highest BCUT2D eigenvalue weighted by molar-refractivity contribution is 9.10. The number of nitrogens with one attached hydrogen (secondary N) is 1. The molecule has 2 aromatic rings. The lowest BCUT2D eigenvalue weighted by Gasteiger charge is -2.13. The molecule has 21 heavy (non-hydrogen) atoms. The van der Waals surface area contributed by atoms with Crippen molar-refractivity contribution in [3.8, 4) is 11.5 Å². The van der Waals surface area contributed by atoms with Crippen molar-refractivity contribution >= 4 is 33.2 Å². The highest BCUT2D eigenvalue weighted by Gasteiger charge is 2.06. The molecule has 112 valence electrons. The molecular formula is C16H17BrClNO2. The normalized spacial score (nSPS) is 10.3. The van der Waals surface area contributed by atoms with Crippen molar-refractivity contribution in [3.63, 3.8) is 0 Å². The van der Waals surface area contributed by atoms with Crippen LogP contribution in [-0.4, -0.2) is 20.3 Å². The van der Waals surface area contributed by atoms with Crippen molar-refractivity contribution in [2.24, 2.45) is 0 Å². The number of hydrogen-bond acceptors (Lipinski definition) is 3. The van der Waals surface area contributed by atoms with Crippen LogP contribution in [-0.2, 0) is 0 Å². The van der Waals surface area contributed by atoms with Gasteiger partial charge < -0.3 is 14.8 Å². The second-order valence-corrected chi connectivity index (χ2v) is 5.86. The molecule has 0 atom stereocenters. The van der Waals surface area contributed by atoms with Crippen molar-refractivity contribution in [1.82, 2.24) is 0 Å². The summed E-state index contributed by atoms with van der Waals surface area (Å²) in [5.74, 6) is 1.57. The molecule has 0 bridgehead atoms. The van der Waals surface area contributed by atoms with Crippen LogP contribution >= 0.6 is 27.5 Å². The molecule has 3 nitrogen and oxygen atoms in total. The van der Waals surface area contributed by atoms with Crippen LogP contribution in [0.5, 0.6) is 11.5 Å². The molecule has 2 rings (SSSR count). The van der Waals surface area contributed by atoms with E-state index in [0.717, 1.165) is 27.2 Å². The lowest BCUT2D eigenvalue weighted by Crippen LogP contribution is -2.12. The van der Waals surface area contributed by atoms with Crippen molar-refractivity contribution in [2.45, 2.75) is 6.92 Å². The van der Waals surface area contributed by atoms with Gasteiger partial charge in [-0.2, -0.15) is 0 Å². The van der Waals surface area contributed by atoms with Gasteiger partial charge in [-0.1, -0.05) is 33.6 Å². The molecule has 0 saturated carbocycles. The lowest BCUT2D eigenvalue weighted by molar-refractivity contribution is 0.332. The Kier molecular flexibility index (Phi) is 5.76. The quantitative estimate of drug-likeness (QED) is 0.733. The Morgan fingerprint density at radius 3 is 2.76 bits per heavy atom. The van der Waals surface area contributed by atoms with E-state index in [9.17, 15) is 0 Å². The fourth-order valence-electron chi connectivity index (χ4n) is 1.88. The molecule has 2 aromatic carbocycles. The first-order chi connectivity index (χ1) is 10.1. The Labute approximate surface area is 138 Å². The maximum atomic E-state index is 6.08. The maximum Gasteiger partial charge on any atom is 0.143 e. The van der Waals surface area contributed by atoms with Gasteiger partial charge in [0.1, 0.15) is 18.1 Å². The maximum absolute atomic E-state index is 6.08. The molecule has 0 unspecified atom stereocenters. The van der Waals surface area contributed by atoms with Crippen LogP contribution < -0.4 is 14.8 Å². The van der Waals surface area contributed by atoms with Gasteiger partial charge in [-0.15, -0.1) is 0 Å². The minimum absolute atomic E-state index is 0.557. The zero-order chi connectivity index (χ0) is 15.2. The van der Waals surface area contributed by atoms with Crippen molar-refractivity contribution < 1.29 is 9.47 Å². The molecule has 0 fully saturated rings. The van der Waals surface area contributed by atoms with Crippen LogP contribution in [0.4, 0.5) is 5.69 Å². The van der Waals surface area contributed by atoms with E-state index in [0.29, 0.717) is 18.2 Å². The molecule has 0 spiro atoms. The van der Waals surface area contributed by atoms with E-state index in [1.54, 1.807) is 7.11 Å². The average molecular weight is 371 g/mol. The topological polar surface area (TPSA) is 30.5 Å². The van der Waals surface area contributed by atoms with Gasteiger partial charge >= 0.3 is 0 Å². The molecule has 0 aliphatic heterocycles. The first-order valence-electron chi connectivity index (χ1n) is 6.56. The third kappa shape index (κ3) is 4.55. The number of anilines is 1. The molecule has 0 saturated heterocycles. The molecule has 5 heteroatoms. The summed E-state index contributed by atoms with van der Waals surface area (Å²) in [6, 6.07) is 11.6. The van der Waals surface area contributed by atoms with E-state index >= 15 is 0 Å². The number of ether oxygens (including phenoxy) is 2. The van der Waals surface area contributed by atoms with E-state index in [1.807, 2.05) is 43.3 Å². The minimum atomic E-state index is 0.557. The fraction of sp³-hybridized carbons (Fsp3) is 0.250. The highest BCUT2D eigenvalue weighted by atomic mass is 79.9. The van der Waals surface area contributed by atoms with E-state index in [1.165, 1.54) is 0 Å². The zero-order valence-corrected chi connectivity index (χ0v) is 14.3. The number of rotatable bonds is 6. The largest absolute Gasteiger partial charge is 0.495 e. The predicted octanol–water partition coefficient (Wildman–Crippen LogP) is 4.91. The summed E-state index contributed by atoms with van der Waals surface area (Å²) in [5, 5.41) is 3.99. The van der Waals surface area contributed by atoms with Gasteiger partial charge in [-0.05, 0) is 36.8 Å². The van der Waals surface area contributed by atoms with E-state index in [2.05, 4.69) is 21.2 Å². The van der Waals surface area contributed by atoms with Crippen LogP contribution in [0.2, 0.25) is 5.02 Å². The first-order valence-corrected chi connectivity index (χ1v) is 7.73. The Morgan fingerprint density at radius 1 is 1.24 bits per heavy atom. The Hall–Kier alpha value is -1.39. The summed E-state index contributed by atoms with van der Waals surface area (Å²) in [7, 11) is 1.63. The first kappa shape index (κ1) is 16.0. The minimum Gasteiger partial charge on any atom is -0.495 e. The Bertz CT molecular complexity index is 619. The van der Waals surface area contributed by atoms with Gasteiger partial charge in [0.25, 0.3) is 0 Å². The molecule has 1 N–H and O–H groups in total. The molecular weight excluding hydrogens is 354 g/mol. The fourth-order valence-corrected chi connectivity index (χ4v) is 2.41. The monoisotopic (exact) mass is 369 g/mol. The second kappa shape index (κ2) is 7.57. The molecule has 0 radical (unpaired) electrons. The van der Waals surface area contributed by atoms with E-state index in [4.69, 9.17) is 21.1 Å². The molecule has 0 aliphatic rings. The second-order valence-electron chi connectivity index (χ2n) is 4.53. The van der Waals surface area contributed by atoms with Crippen molar-refractivity contribution in [1.29, 1.82) is 0 Å². The van der Waals surface area contributed by atoms with Gasteiger partial charge in [0.15, 0.2) is 0 Å². The molecule has 0 aliphatic carbocycles. The summed E-state index contributed by atoms with van der Waals surface area (Å²) in [5.41, 5.74) is 1.92. The van der Waals surface area contributed by atoms with Crippen LogP contribution in [0.25, 0.3) is 0 Å². The summed E-state index contributed by atoms with van der Waals surface area (Å²) in [4.78, 5) is 0. The molecule has 0 aromatic heterocycles. The predicted molar refractivity (Wildman–Crippen MR) is 90.9 cm³/mol. The summed E-state index contributed by atoms with van der Waals surface area (Å²) in [6.45, 7) is 3.19. The molecule has 0 heterocycles. The van der Waals surface area contributed by atoms with Gasteiger partial charge in [0.2, 0.25) is 0 Å². The Morgan fingerprint density at radius 2 is 2.05 bits per heavy atom. The number of benzene rings is 2. The van der Waals surface area contributed by atoms with Gasteiger partial charge in [0.05, 0.1) is 12.8 Å². The number of methoxy groups -OCH3 is 1. The highest BCUT2D eigenvalue weighted by Crippen LogP contribution is 2.30. The van der Waals surface area contributed by atoms with Crippen LogP contribution in [0, 0.1) is 6.92 Å². The summed E-state index contributed by atoms with van der Waals surface area (Å²) >= 11 is 9.50. The van der Waals surface area contributed by atoms with Crippen molar-refractivity contribution in [2.75, 3.05) is 25.6 Å². The zero-order valence-electron chi connectivity index (χ0n) is 12.0. The smallest absolute Gasteiger partial charge is 0.143 e. The number of halogens is 2. The van der Waals surface area contributed by atoms with Crippen LogP contribution in [0.1, 0.15) is 5.56 Å². The number of hydrogen-bond donors (Lipinski definition) is 1. The summed E-state index contributed by atoms with van der Waals surface area (Å²) in [6.07, 6.45) is 0. The van der Waals surface area contributed by atoms with Gasteiger partial charge in [-0.3, -0.25) is 0 Å². The SMILES string of the molecule is COc1cc(Cl)c(C)cc1NCCOc1cccc(Br)c1. The van der Waals surface area contributed by atoms with E-state index < -0.39 is 0 Å². The third-order valence-corrected chi connectivity index (χ3v) is 3.86. The third-order valence-electron chi connectivity index (χ3n) is 2.96. The molecule has 0 amide bonds. The standard InChI is InChI=1S/C16H17BrClNO2/c1-11-8-15(16(20-2)10-14(11)18)19-6-7-21-13-5-3-4-12(17)9-13/h3-5,8-10,19H,6-7H2,1-2H3.